The van der Waals surface area contributed by atoms with Gasteiger partial charge in [-0.25, -0.2) is 0 Å². The highest BCUT2D eigenvalue weighted by molar-refractivity contribution is 7.99. The van der Waals surface area contributed by atoms with Crippen LogP contribution in [0, 0.1) is 5.92 Å². The van der Waals surface area contributed by atoms with Crippen LogP contribution in [0.5, 0.6) is 5.88 Å². The van der Waals surface area contributed by atoms with Crippen LogP contribution in [-0.2, 0) is 0 Å². The van der Waals surface area contributed by atoms with Gasteiger partial charge >= 0.3 is 0 Å². The van der Waals surface area contributed by atoms with Crippen LogP contribution in [0.25, 0.3) is 0 Å². The Kier molecular flexibility index (Phi) is 4.58. The predicted molar refractivity (Wildman–Crippen MR) is 78.3 cm³/mol. The minimum atomic E-state index is 0.556. The van der Waals surface area contributed by atoms with Crippen molar-refractivity contribution in [3.8, 4) is 5.88 Å². The molecule has 1 heterocycles. The second-order valence-corrected chi connectivity index (χ2v) is 6.05. The SMILES string of the molecule is CSC(C)CNc1ccc(N)c(OCC2CC2)n1. The molecule has 2 rings (SSSR count). The van der Waals surface area contributed by atoms with Gasteiger partial charge in [0.25, 0.3) is 0 Å². The predicted octanol–water partition coefficient (Wildman–Crippen LogP) is 2.62. The summed E-state index contributed by atoms with van der Waals surface area (Å²) in [5.41, 5.74) is 6.47. The normalized spacial score (nSPS) is 16.3. The number of ether oxygens (including phenoxy) is 1. The molecule has 18 heavy (non-hydrogen) atoms. The standard InChI is InChI=1S/C13H21N3OS/c1-9(18-2)7-15-12-6-5-11(14)13(16-12)17-8-10-3-4-10/h5-6,9-10H,3-4,7-8,14H2,1-2H3,(H,15,16). The Morgan fingerprint density at radius 2 is 2.33 bits per heavy atom. The van der Waals surface area contributed by atoms with Crippen molar-refractivity contribution in [2.45, 2.75) is 25.0 Å². The van der Waals surface area contributed by atoms with E-state index < -0.39 is 0 Å². The Balaban J connectivity index is 1.91. The number of nitrogens with one attached hydrogen (secondary N) is 1. The van der Waals surface area contributed by atoms with Crippen molar-refractivity contribution in [1.82, 2.24) is 4.98 Å². The zero-order valence-corrected chi connectivity index (χ0v) is 11.8. The molecule has 1 aliphatic carbocycles. The van der Waals surface area contributed by atoms with Gasteiger partial charge in [-0.3, -0.25) is 0 Å². The number of hydrogen-bond donors (Lipinski definition) is 2. The van der Waals surface area contributed by atoms with Crippen LogP contribution in [0.3, 0.4) is 0 Å². The minimum Gasteiger partial charge on any atom is -0.476 e. The third-order valence-corrected chi connectivity index (χ3v) is 3.99. The molecule has 5 heteroatoms. The maximum absolute atomic E-state index is 5.86. The summed E-state index contributed by atoms with van der Waals surface area (Å²) in [6.45, 7) is 3.81. The van der Waals surface area contributed by atoms with Crippen LogP contribution in [0.2, 0.25) is 0 Å². The lowest BCUT2D eigenvalue weighted by Gasteiger charge is -2.12. The molecular weight excluding hydrogens is 246 g/mol. The van der Waals surface area contributed by atoms with Gasteiger partial charge in [-0.1, -0.05) is 6.92 Å². The summed E-state index contributed by atoms with van der Waals surface area (Å²) in [6.07, 6.45) is 4.64. The number of nitrogens with zero attached hydrogens (tertiary/aromatic N) is 1. The smallest absolute Gasteiger partial charge is 0.239 e. The van der Waals surface area contributed by atoms with Gasteiger partial charge < -0.3 is 15.8 Å². The van der Waals surface area contributed by atoms with Crippen LogP contribution in [-0.4, -0.2) is 29.6 Å². The second-order valence-electron chi connectivity index (χ2n) is 4.77. The van der Waals surface area contributed by atoms with E-state index in [1.807, 2.05) is 23.9 Å². The van der Waals surface area contributed by atoms with Gasteiger partial charge in [0.1, 0.15) is 5.82 Å². The van der Waals surface area contributed by atoms with Gasteiger partial charge in [0.2, 0.25) is 5.88 Å². The molecule has 0 aromatic carbocycles. The fourth-order valence-corrected chi connectivity index (χ4v) is 1.73. The molecule has 0 aliphatic heterocycles. The first-order valence-corrected chi connectivity index (χ1v) is 7.64. The largest absolute Gasteiger partial charge is 0.476 e. The van der Waals surface area contributed by atoms with E-state index in [1.165, 1.54) is 12.8 Å². The van der Waals surface area contributed by atoms with Crippen LogP contribution in [0.4, 0.5) is 11.5 Å². The van der Waals surface area contributed by atoms with Crippen molar-refractivity contribution in [2.75, 3.05) is 30.5 Å². The third kappa shape index (κ3) is 3.98. The monoisotopic (exact) mass is 267 g/mol. The van der Waals surface area contributed by atoms with Crippen LogP contribution in [0.1, 0.15) is 19.8 Å². The lowest BCUT2D eigenvalue weighted by atomic mass is 10.4. The highest BCUT2D eigenvalue weighted by Gasteiger charge is 2.22. The molecule has 0 bridgehead atoms. The molecule has 0 saturated heterocycles. The van der Waals surface area contributed by atoms with Crippen molar-refractivity contribution in [3.63, 3.8) is 0 Å². The van der Waals surface area contributed by atoms with E-state index in [0.29, 0.717) is 22.7 Å². The summed E-state index contributed by atoms with van der Waals surface area (Å²) in [5, 5.41) is 3.85. The number of nitrogens with two attached hydrogens (primary N) is 1. The fourth-order valence-electron chi connectivity index (χ4n) is 1.48. The van der Waals surface area contributed by atoms with Gasteiger partial charge in [0.05, 0.1) is 12.3 Å². The van der Waals surface area contributed by atoms with E-state index >= 15 is 0 Å². The van der Waals surface area contributed by atoms with Crippen LogP contribution in [0.15, 0.2) is 12.1 Å². The Bertz CT molecular complexity index is 396. The molecular formula is C13H21N3OS. The third-order valence-electron chi connectivity index (χ3n) is 3.02. The van der Waals surface area contributed by atoms with E-state index in [1.54, 1.807) is 0 Å². The molecule has 100 valence electrons. The topological polar surface area (TPSA) is 60.2 Å². The molecule has 1 fully saturated rings. The summed E-state index contributed by atoms with van der Waals surface area (Å²) in [5.74, 6) is 2.10. The summed E-state index contributed by atoms with van der Waals surface area (Å²) in [6, 6.07) is 3.74. The highest BCUT2D eigenvalue weighted by Crippen LogP contribution is 2.30. The van der Waals surface area contributed by atoms with Gasteiger partial charge in [-0.05, 0) is 37.1 Å². The second kappa shape index (κ2) is 6.18. The number of pyridine rings is 1. The van der Waals surface area contributed by atoms with E-state index in [2.05, 4.69) is 23.5 Å². The Morgan fingerprint density at radius 1 is 1.56 bits per heavy atom. The zero-order chi connectivity index (χ0) is 13.0. The maximum Gasteiger partial charge on any atom is 0.239 e. The Labute approximate surface area is 113 Å². The van der Waals surface area contributed by atoms with E-state index in [0.717, 1.165) is 19.0 Å². The summed E-state index contributed by atoms with van der Waals surface area (Å²) in [4.78, 5) is 4.41. The van der Waals surface area contributed by atoms with Crippen molar-refractivity contribution in [3.05, 3.63) is 12.1 Å². The lowest BCUT2D eigenvalue weighted by Crippen LogP contribution is -2.14. The van der Waals surface area contributed by atoms with Crippen LogP contribution >= 0.6 is 11.8 Å². The van der Waals surface area contributed by atoms with Gasteiger partial charge in [0, 0.05) is 11.8 Å². The van der Waals surface area contributed by atoms with Crippen molar-refractivity contribution in [2.24, 2.45) is 5.92 Å². The molecule has 1 aromatic rings. The number of thioether (sulfide) groups is 1. The fraction of sp³-hybridized carbons (Fsp3) is 0.615. The molecule has 1 aliphatic rings. The Morgan fingerprint density at radius 3 is 3.00 bits per heavy atom. The van der Waals surface area contributed by atoms with Crippen molar-refractivity contribution < 1.29 is 4.74 Å². The van der Waals surface area contributed by atoms with Crippen molar-refractivity contribution >= 4 is 23.3 Å². The highest BCUT2D eigenvalue weighted by atomic mass is 32.2. The minimum absolute atomic E-state index is 0.556. The molecule has 1 saturated carbocycles. The van der Waals surface area contributed by atoms with E-state index in [-0.39, 0.29) is 0 Å². The molecule has 0 amide bonds. The molecule has 4 nitrogen and oxygen atoms in total. The molecule has 1 unspecified atom stereocenters. The van der Waals surface area contributed by atoms with E-state index in [9.17, 15) is 0 Å². The average Bonchev–Trinajstić information content (AvgIpc) is 3.19. The number of hydrogen-bond acceptors (Lipinski definition) is 5. The maximum atomic E-state index is 5.86. The zero-order valence-electron chi connectivity index (χ0n) is 11.0. The lowest BCUT2D eigenvalue weighted by molar-refractivity contribution is 0.290. The average molecular weight is 267 g/mol. The number of aromatic nitrogens is 1. The Hall–Kier alpha value is -1.10. The van der Waals surface area contributed by atoms with Gasteiger partial charge in [0.15, 0.2) is 0 Å². The van der Waals surface area contributed by atoms with E-state index in [4.69, 9.17) is 10.5 Å². The molecule has 1 atom stereocenters. The molecule has 0 spiro atoms. The van der Waals surface area contributed by atoms with Gasteiger partial charge in [-0.2, -0.15) is 16.7 Å². The van der Waals surface area contributed by atoms with Gasteiger partial charge in [-0.15, -0.1) is 0 Å². The first-order chi connectivity index (χ1) is 8.69. The summed E-state index contributed by atoms with van der Waals surface area (Å²) >= 11 is 1.83. The number of nitrogen functional groups attached to an aromatic ring is 1. The first kappa shape index (κ1) is 13.3. The van der Waals surface area contributed by atoms with Crippen LogP contribution < -0.4 is 15.8 Å². The summed E-state index contributed by atoms with van der Waals surface area (Å²) in [7, 11) is 0. The summed E-state index contributed by atoms with van der Waals surface area (Å²) < 4.78 is 5.65. The quantitative estimate of drug-likeness (QED) is 0.795. The first-order valence-electron chi connectivity index (χ1n) is 6.35. The van der Waals surface area contributed by atoms with Crippen molar-refractivity contribution in [1.29, 1.82) is 0 Å². The number of anilines is 2. The number of rotatable bonds is 7. The molecule has 1 aromatic heterocycles. The molecule has 3 N–H and O–H groups in total. The molecule has 0 radical (unpaired) electrons.